The highest BCUT2D eigenvalue weighted by Crippen LogP contribution is 2.41. The molecule has 1 aliphatic rings. The lowest BCUT2D eigenvalue weighted by Gasteiger charge is -2.00. The van der Waals surface area contributed by atoms with Crippen molar-refractivity contribution in [2.45, 2.75) is 19.3 Å². The van der Waals surface area contributed by atoms with Gasteiger partial charge in [-0.05, 0) is 30.2 Å². The molecule has 1 N–H and O–H groups in total. The van der Waals surface area contributed by atoms with E-state index in [-0.39, 0.29) is 5.78 Å². The number of carbonyl (C=O) groups is 1. The van der Waals surface area contributed by atoms with Crippen LogP contribution in [0.2, 0.25) is 0 Å². The molecule has 7 heteroatoms. The molecule has 1 aliphatic heterocycles. The minimum atomic E-state index is -0.582. The van der Waals surface area contributed by atoms with Crippen LogP contribution in [0.15, 0.2) is 33.6 Å². The molecule has 1 atom stereocenters. The lowest BCUT2D eigenvalue weighted by molar-refractivity contribution is -0.114. The van der Waals surface area contributed by atoms with Crippen molar-refractivity contribution in [1.29, 1.82) is 5.41 Å². The van der Waals surface area contributed by atoms with Gasteiger partial charge < -0.3 is 0 Å². The second kappa shape index (κ2) is 6.44. The summed E-state index contributed by atoms with van der Waals surface area (Å²) in [6.45, 7) is 2.00. The Bertz CT molecular complexity index is 785. The number of aryl methyl sites for hydroxylation is 1. The van der Waals surface area contributed by atoms with E-state index in [9.17, 15) is 4.79 Å². The van der Waals surface area contributed by atoms with Crippen LogP contribution in [0, 0.1) is 5.41 Å². The second-order valence-corrected chi connectivity index (χ2v) is 7.81. The number of hydrogen-bond donors (Lipinski definition) is 1. The van der Waals surface area contributed by atoms with Gasteiger partial charge in [0.1, 0.15) is 15.9 Å². The van der Waals surface area contributed by atoms with Crippen LogP contribution >= 0.6 is 39.0 Å². The average molecular weight is 394 g/mol. The van der Waals surface area contributed by atoms with Crippen molar-refractivity contribution >= 4 is 55.9 Å². The van der Waals surface area contributed by atoms with E-state index in [1.165, 1.54) is 23.1 Å². The zero-order valence-electron chi connectivity index (χ0n) is 11.7. The molecule has 1 saturated heterocycles. The number of hydrogen-bond acceptors (Lipinski definition) is 6. The van der Waals surface area contributed by atoms with Crippen LogP contribution in [0.1, 0.15) is 28.4 Å². The molecule has 0 aliphatic carbocycles. The Balaban J connectivity index is 1.91. The third-order valence-electron chi connectivity index (χ3n) is 3.17. The average Bonchev–Trinajstić information content (AvgIpc) is 3.04. The number of nitrogens with zero attached hydrogens (tertiary/aromatic N) is 2. The Morgan fingerprint density at radius 2 is 2.23 bits per heavy atom. The number of allylic oxidation sites excluding steroid dienone is 1. The van der Waals surface area contributed by atoms with E-state index in [2.05, 4.69) is 26.1 Å². The number of rotatable bonds is 3. The van der Waals surface area contributed by atoms with Gasteiger partial charge in [0.25, 0.3) is 0 Å². The largest absolute Gasteiger partial charge is 0.297 e. The van der Waals surface area contributed by atoms with Crippen molar-refractivity contribution < 1.29 is 4.79 Å². The summed E-state index contributed by atoms with van der Waals surface area (Å²) in [7, 11) is 0. The van der Waals surface area contributed by atoms with Crippen molar-refractivity contribution in [3.8, 4) is 0 Å². The summed E-state index contributed by atoms with van der Waals surface area (Å²) in [6, 6.07) is 7.73. The number of thioether (sulfide) groups is 1. The molecule has 0 bridgehead atoms. The first kappa shape index (κ1) is 15.6. The van der Waals surface area contributed by atoms with Crippen LogP contribution in [0.25, 0.3) is 6.08 Å². The first-order valence-electron chi connectivity index (χ1n) is 6.68. The summed E-state index contributed by atoms with van der Waals surface area (Å²) < 4.78 is 0.959. The molecule has 112 valence electrons. The van der Waals surface area contributed by atoms with Crippen LogP contribution in [0.3, 0.4) is 0 Å². The summed E-state index contributed by atoms with van der Waals surface area (Å²) >= 11 is 6.05. The molecular weight excluding hydrogens is 382 g/mol. The van der Waals surface area contributed by atoms with Crippen LogP contribution in [0.4, 0.5) is 0 Å². The van der Waals surface area contributed by atoms with Gasteiger partial charge in [-0.1, -0.05) is 46.7 Å². The van der Waals surface area contributed by atoms with Crippen LogP contribution in [0.5, 0.6) is 0 Å². The maximum Gasteiger partial charge on any atom is 0.186 e. The van der Waals surface area contributed by atoms with Crippen molar-refractivity contribution in [1.82, 2.24) is 10.2 Å². The molecule has 0 spiro atoms. The molecule has 2 aromatic rings. The fraction of sp³-hybridized carbons (Fsp3) is 0.200. The predicted molar refractivity (Wildman–Crippen MR) is 94.5 cm³/mol. The van der Waals surface area contributed by atoms with Crippen molar-refractivity contribution in [2.75, 3.05) is 0 Å². The Hall–Kier alpha value is -1.31. The number of Topliss-reactive ketones (excluding diaryl/α,β-unsaturated/α-hetero) is 1. The monoisotopic (exact) mass is 393 g/mol. The van der Waals surface area contributed by atoms with Gasteiger partial charge in [-0.25, -0.2) is 0 Å². The molecule has 1 aromatic heterocycles. The molecule has 0 saturated carbocycles. The molecular formula is C15H12BrN3OS2. The van der Waals surface area contributed by atoms with E-state index < -0.39 is 5.92 Å². The van der Waals surface area contributed by atoms with Crippen molar-refractivity contribution in [2.24, 2.45) is 0 Å². The van der Waals surface area contributed by atoms with E-state index in [0.29, 0.717) is 15.0 Å². The number of nitrogens with one attached hydrogen (secondary N) is 1. The van der Waals surface area contributed by atoms with Crippen LogP contribution in [-0.2, 0) is 11.2 Å². The Morgan fingerprint density at radius 3 is 2.91 bits per heavy atom. The maximum atomic E-state index is 12.6. The van der Waals surface area contributed by atoms with Gasteiger partial charge in [-0.15, -0.1) is 21.5 Å². The van der Waals surface area contributed by atoms with Crippen molar-refractivity contribution in [3.05, 3.63) is 49.2 Å². The fourth-order valence-electron chi connectivity index (χ4n) is 2.09. The predicted octanol–water partition coefficient (Wildman–Crippen LogP) is 4.28. The van der Waals surface area contributed by atoms with Gasteiger partial charge >= 0.3 is 0 Å². The highest BCUT2D eigenvalue weighted by Gasteiger charge is 2.39. The number of halogens is 1. The number of carbonyl (C=O) groups excluding carboxylic acids is 1. The number of aromatic nitrogens is 2. The molecule has 0 unspecified atom stereocenters. The first-order chi connectivity index (χ1) is 10.6. The molecule has 0 amide bonds. The molecule has 1 fully saturated rings. The van der Waals surface area contributed by atoms with Gasteiger partial charge in [0.05, 0.1) is 9.95 Å². The summed E-state index contributed by atoms with van der Waals surface area (Å²) in [6.07, 6.45) is 2.62. The zero-order valence-corrected chi connectivity index (χ0v) is 14.9. The van der Waals surface area contributed by atoms with E-state index in [1.807, 2.05) is 37.3 Å². The summed E-state index contributed by atoms with van der Waals surface area (Å²) in [5, 5.41) is 18.1. The minimum Gasteiger partial charge on any atom is -0.297 e. The van der Waals surface area contributed by atoms with Gasteiger partial charge in [-0.3, -0.25) is 10.2 Å². The van der Waals surface area contributed by atoms with E-state index in [0.717, 1.165) is 21.5 Å². The van der Waals surface area contributed by atoms with E-state index in [4.69, 9.17) is 5.41 Å². The Kier molecular flexibility index (Phi) is 4.56. The van der Waals surface area contributed by atoms with Gasteiger partial charge in [0.2, 0.25) is 0 Å². The molecule has 4 nitrogen and oxygen atoms in total. The van der Waals surface area contributed by atoms with E-state index >= 15 is 0 Å². The molecule has 3 rings (SSSR count). The number of ketones is 1. The molecule has 0 radical (unpaired) electrons. The third-order valence-corrected chi connectivity index (χ3v) is 5.79. The maximum absolute atomic E-state index is 12.6. The fourth-order valence-corrected chi connectivity index (χ4v) is 4.46. The lowest BCUT2D eigenvalue weighted by Crippen LogP contribution is -2.11. The summed E-state index contributed by atoms with van der Waals surface area (Å²) in [4.78, 5) is 13.2. The van der Waals surface area contributed by atoms with E-state index in [1.54, 1.807) is 0 Å². The Morgan fingerprint density at radius 1 is 1.41 bits per heavy atom. The minimum absolute atomic E-state index is 0.0613. The standard InChI is InChI=1S/C15H12BrN3OS2/c1-2-11-18-19-15(22-11)12-13(20)10(21-14(12)17)7-8-4-3-5-9(16)6-8/h3-7,12,17H,2H2,1H3/b10-7-,17-14?/t12-/m1/s1. The molecule has 1 aromatic carbocycles. The highest BCUT2D eigenvalue weighted by molar-refractivity contribution is 9.10. The summed E-state index contributed by atoms with van der Waals surface area (Å²) in [5.41, 5.74) is 0.935. The molecule has 2 heterocycles. The SMILES string of the molecule is CCc1nnc([C@H]2C(=N)S/C(=C\c3cccc(Br)c3)C2=O)s1. The van der Waals surface area contributed by atoms with Crippen LogP contribution in [-0.4, -0.2) is 21.0 Å². The molecule has 22 heavy (non-hydrogen) atoms. The second-order valence-electron chi connectivity index (χ2n) is 4.71. The number of benzene rings is 1. The smallest absolute Gasteiger partial charge is 0.186 e. The Labute approximate surface area is 144 Å². The highest BCUT2D eigenvalue weighted by atomic mass is 79.9. The van der Waals surface area contributed by atoms with Gasteiger partial charge in [0.15, 0.2) is 5.78 Å². The normalized spacial score (nSPS) is 20.1. The third kappa shape index (κ3) is 3.06. The lowest BCUT2D eigenvalue weighted by atomic mass is 10.1. The van der Waals surface area contributed by atoms with Gasteiger partial charge in [-0.2, -0.15) is 0 Å². The summed E-state index contributed by atoms with van der Waals surface area (Å²) in [5.74, 6) is -0.644. The van der Waals surface area contributed by atoms with Crippen molar-refractivity contribution in [3.63, 3.8) is 0 Å². The zero-order chi connectivity index (χ0) is 15.7. The van der Waals surface area contributed by atoms with Crippen LogP contribution < -0.4 is 0 Å². The first-order valence-corrected chi connectivity index (χ1v) is 9.11. The van der Waals surface area contributed by atoms with Gasteiger partial charge in [0, 0.05) is 4.47 Å². The quantitative estimate of drug-likeness (QED) is 0.790. The topological polar surface area (TPSA) is 66.7 Å².